The standard InChI is InChI=1S/C16H14ClF3N4O/c1-8-21-13(7-14(22-8)23-9-2-3-9)15(25)24-10-4-5-12(17)11(6-10)16(18,19)20/h4-7,9H,2-3H2,1H3,(H,24,25)(H,21,22,23). The third-order valence-electron chi connectivity index (χ3n) is 3.53. The normalized spacial score (nSPS) is 14.3. The number of benzene rings is 1. The number of nitrogens with zero attached hydrogens (tertiary/aromatic N) is 2. The molecule has 9 heteroatoms. The summed E-state index contributed by atoms with van der Waals surface area (Å²) in [7, 11) is 0. The smallest absolute Gasteiger partial charge is 0.367 e. The van der Waals surface area contributed by atoms with Crippen molar-refractivity contribution in [1.82, 2.24) is 9.97 Å². The van der Waals surface area contributed by atoms with Crippen molar-refractivity contribution in [1.29, 1.82) is 0 Å². The van der Waals surface area contributed by atoms with Crippen molar-refractivity contribution in [2.75, 3.05) is 10.6 Å². The number of carbonyl (C=O) groups excluding carboxylic acids is 1. The van der Waals surface area contributed by atoms with Crippen LogP contribution in [-0.2, 0) is 6.18 Å². The van der Waals surface area contributed by atoms with Gasteiger partial charge >= 0.3 is 6.18 Å². The molecule has 0 atom stereocenters. The van der Waals surface area contributed by atoms with E-state index >= 15 is 0 Å². The Kier molecular flexibility index (Phi) is 4.55. The maximum Gasteiger partial charge on any atom is 0.417 e. The van der Waals surface area contributed by atoms with Crippen LogP contribution in [-0.4, -0.2) is 21.9 Å². The van der Waals surface area contributed by atoms with Crippen molar-refractivity contribution >= 4 is 29.0 Å². The Labute approximate surface area is 146 Å². The molecule has 2 N–H and O–H groups in total. The summed E-state index contributed by atoms with van der Waals surface area (Å²) < 4.78 is 38.7. The molecule has 3 rings (SSSR count). The van der Waals surface area contributed by atoms with E-state index in [0.29, 0.717) is 17.7 Å². The van der Waals surface area contributed by atoms with Crippen molar-refractivity contribution in [2.24, 2.45) is 0 Å². The van der Waals surface area contributed by atoms with Crippen LogP contribution in [0.2, 0.25) is 5.02 Å². The highest BCUT2D eigenvalue weighted by atomic mass is 35.5. The lowest BCUT2D eigenvalue weighted by molar-refractivity contribution is -0.137. The molecule has 1 amide bonds. The highest BCUT2D eigenvalue weighted by Crippen LogP contribution is 2.36. The first-order chi connectivity index (χ1) is 11.7. The first-order valence-electron chi connectivity index (χ1n) is 7.53. The van der Waals surface area contributed by atoms with Gasteiger partial charge in [-0.05, 0) is 38.0 Å². The number of amides is 1. The van der Waals surface area contributed by atoms with E-state index in [2.05, 4.69) is 20.6 Å². The maximum atomic E-state index is 12.9. The fourth-order valence-electron chi connectivity index (χ4n) is 2.21. The van der Waals surface area contributed by atoms with Gasteiger partial charge in [0.05, 0.1) is 10.6 Å². The SMILES string of the molecule is Cc1nc(NC2CC2)cc(C(=O)Nc2ccc(Cl)c(C(F)(F)F)c2)n1. The Morgan fingerprint density at radius 1 is 1.24 bits per heavy atom. The summed E-state index contributed by atoms with van der Waals surface area (Å²) in [5, 5.41) is 5.13. The largest absolute Gasteiger partial charge is 0.417 e. The number of carbonyl (C=O) groups is 1. The molecule has 25 heavy (non-hydrogen) atoms. The molecule has 0 saturated heterocycles. The summed E-state index contributed by atoms with van der Waals surface area (Å²) >= 11 is 5.57. The lowest BCUT2D eigenvalue weighted by Gasteiger charge is -2.12. The molecule has 1 aromatic heterocycles. The molecule has 0 aliphatic heterocycles. The van der Waals surface area contributed by atoms with Gasteiger partial charge in [0.25, 0.3) is 5.91 Å². The molecule has 0 radical (unpaired) electrons. The van der Waals surface area contributed by atoms with E-state index in [9.17, 15) is 18.0 Å². The molecular formula is C16H14ClF3N4O. The van der Waals surface area contributed by atoms with Gasteiger partial charge in [0.1, 0.15) is 17.3 Å². The number of alkyl halides is 3. The Balaban J connectivity index is 1.81. The number of halogens is 4. The van der Waals surface area contributed by atoms with Crippen LogP contribution in [0.3, 0.4) is 0 Å². The number of hydrogen-bond acceptors (Lipinski definition) is 4. The molecule has 5 nitrogen and oxygen atoms in total. The molecule has 1 aliphatic rings. The minimum absolute atomic E-state index is 0.0188. The lowest BCUT2D eigenvalue weighted by atomic mass is 10.2. The molecular weight excluding hydrogens is 357 g/mol. The van der Waals surface area contributed by atoms with Crippen molar-refractivity contribution in [3.63, 3.8) is 0 Å². The van der Waals surface area contributed by atoms with Gasteiger partial charge in [0.15, 0.2) is 0 Å². The van der Waals surface area contributed by atoms with Crippen LogP contribution in [0.15, 0.2) is 24.3 Å². The van der Waals surface area contributed by atoms with Crippen LogP contribution < -0.4 is 10.6 Å². The highest BCUT2D eigenvalue weighted by molar-refractivity contribution is 6.31. The van der Waals surface area contributed by atoms with E-state index in [-0.39, 0.29) is 11.4 Å². The van der Waals surface area contributed by atoms with Crippen molar-refractivity contribution in [2.45, 2.75) is 32.0 Å². The van der Waals surface area contributed by atoms with E-state index < -0.39 is 22.7 Å². The first-order valence-corrected chi connectivity index (χ1v) is 7.90. The van der Waals surface area contributed by atoms with E-state index in [1.807, 2.05) is 0 Å². The Morgan fingerprint density at radius 2 is 1.96 bits per heavy atom. The highest BCUT2D eigenvalue weighted by Gasteiger charge is 2.33. The predicted octanol–water partition coefficient (Wildman–Crippen LogP) is 4.28. The lowest BCUT2D eigenvalue weighted by Crippen LogP contribution is -2.17. The Hall–Kier alpha value is -2.35. The summed E-state index contributed by atoms with van der Waals surface area (Å²) in [6.07, 6.45) is -2.53. The molecule has 1 saturated carbocycles. The van der Waals surface area contributed by atoms with Crippen LogP contribution in [0.25, 0.3) is 0 Å². The molecule has 1 aliphatic carbocycles. The van der Waals surface area contributed by atoms with Crippen molar-refractivity contribution in [3.8, 4) is 0 Å². The molecule has 132 valence electrons. The average molecular weight is 371 g/mol. The molecule has 2 aromatic rings. The van der Waals surface area contributed by atoms with Gasteiger partial charge < -0.3 is 10.6 Å². The first kappa shape index (κ1) is 17.5. The van der Waals surface area contributed by atoms with Gasteiger partial charge in [-0.3, -0.25) is 4.79 Å². The topological polar surface area (TPSA) is 66.9 Å². The quantitative estimate of drug-likeness (QED) is 0.842. The Morgan fingerprint density at radius 3 is 2.60 bits per heavy atom. The number of rotatable bonds is 4. The van der Waals surface area contributed by atoms with Crippen LogP contribution in [0.4, 0.5) is 24.7 Å². The van der Waals surface area contributed by atoms with E-state index in [4.69, 9.17) is 11.6 Å². The number of nitrogens with one attached hydrogen (secondary N) is 2. The minimum atomic E-state index is -4.61. The maximum absolute atomic E-state index is 12.9. The van der Waals surface area contributed by atoms with Crippen LogP contribution >= 0.6 is 11.6 Å². The molecule has 1 aromatic carbocycles. The summed E-state index contributed by atoms with van der Waals surface area (Å²) in [4.78, 5) is 20.6. The van der Waals surface area contributed by atoms with Crippen molar-refractivity contribution < 1.29 is 18.0 Å². The summed E-state index contributed by atoms with van der Waals surface area (Å²) in [5.74, 6) is 0.287. The predicted molar refractivity (Wildman–Crippen MR) is 87.8 cm³/mol. The third kappa shape index (κ3) is 4.39. The Bertz CT molecular complexity index is 822. The second-order valence-corrected chi connectivity index (χ2v) is 6.16. The number of aryl methyl sites for hydroxylation is 1. The zero-order chi connectivity index (χ0) is 18.2. The van der Waals surface area contributed by atoms with Gasteiger partial charge in [-0.2, -0.15) is 13.2 Å². The van der Waals surface area contributed by atoms with Crippen molar-refractivity contribution in [3.05, 3.63) is 46.4 Å². The fourth-order valence-corrected chi connectivity index (χ4v) is 2.43. The van der Waals surface area contributed by atoms with Gasteiger partial charge in [0.2, 0.25) is 0 Å². The van der Waals surface area contributed by atoms with Crippen LogP contribution in [0, 0.1) is 6.92 Å². The van der Waals surface area contributed by atoms with E-state index in [1.165, 1.54) is 12.1 Å². The van der Waals surface area contributed by atoms with Gasteiger partial charge in [-0.25, -0.2) is 9.97 Å². The second kappa shape index (κ2) is 6.51. The van der Waals surface area contributed by atoms with Gasteiger partial charge in [-0.15, -0.1) is 0 Å². The van der Waals surface area contributed by atoms with E-state index in [1.54, 1.807) is 6.92 Å². The molecule has 1 fully saturated rings. The monoisotopic (exact) mass is 370 g/mol. The number of aromatic nitrogens is 2. The van der Waals surface area contributed by atoms with Crippen LogP contribution in [0.1, 0.15) is 34.7 Å². The summed E-state index contributed by atoms with van der Waals surface area (Å²) in [6.45, 7) is 1.64. The van der Waals surface area contributed by atoms with E-state index in [0.717, 1.165) is 25.0 Å². The average Bonchev–Trinajstić information content (AvgIpc) is 3.31. The summed E-state index contributed by atoms with van der Waals surface area (Å²) in [6, 6.07) is 4.99. The molecule has 0 unspecified atom stereocenters. The van der Waals surface area contributed by atoms with Crippen LogP contribution in [0.5, 0.6) is 0 Å². The number of anilines is 2. The molecule has 0 spiro atoms. The van der Waals surface area contributed by atoms with Gasteiger partial charge in [-0.1, -0.05) is 11.6 Å². The van der Waals surface area contributed by atoms with Gasteiger partial charge in [0, 0.05) is 17.8 Å². The fraction of sp³-hybridized carbons (Fsp3) is 0.312. The summed E-state index contributed by atoms with van der Waals surface area (Å²) in [5.41, 5.74) is -0.962. The third-order valence-corrected chi connectivity index (χ3v) is 3.86. The second-order valence-electron chi connectivity index (χ2n) is 5.75. The minimum Gasteiger partial charge on any atom is -0.367 e. The zero-order valence-electron chi connectivity index (χ0n) is 13.1. The number of hydrogen-bond donors (Lipinski definition) is 2. The molecule has 0 bridgehead atoms. The molecule has 1 heterocycles. The zero-order valence-corrected chi connectivity index (χ0v) is 13.9.